The van der Waals surface area contributed by atoms with Crippen molar-refractivity contribution >= 4 is 5.78 Å². The van der Waals surface area contributed by atoms with E-state index in [1.54, 1.807) is 0 Å². The van der Waals surface area contributed by atoms with Crippen LogP contribution in [0.2, 0.25) is 0 Å². The molecule has 0 spiro atoms. The summed E-state index contributed by atoms with van der Waals surface area (Å²) in [5, 5.41) is 0. The third-order valence-corrected chi connectivity index (χ3v) is 3.32. The van der Waals surface area contributed by atoms with Gasteiger partial charge >= 0.3 is 0 Å². The Morgan fingerprint density at radius 1 is 1.33 bits per heavy atom. The second kappa shape index (κ2) is 6.26. The largest absolute Gasteiger partial charge is 0.306 e. The van der Waals surface area contributed by atoms with Crippen molar-refractivity contribution in [1.82, 2.24) is 4.90 Å². The molecule has 1 saturated carbocycles. The first-order valence-electron chi connectivity index (χ1n) is 6.28. The quantitative estimate of drug-likeness (QED) is 0.697. The van der Waals surface area contributed by atoms with Gasteiger partial charge in [0.2, 0.25) is 0 Å². The average Bonchev–Trinajstić information content (AvgIpc) is 2.19. The standard InChI is InChI=1S/C13H25NO/c1-11(2)8-9-14(3)10-12-4-6-13(15)7-5-12/h11-12H,4-10H2,1-3H3. The molecular formula is C13H25NO. The fourth-order valence-corrected chi connectivity index (χ4v) is 2.19. The van der Waals surface area contributed by atoms with Gasteiger partial charge in [-0.3, -0.25) is 4.79 Å². The molecule has 0 aliphatic heterocycles. The number of nitrogens with zero attached hydrogens (tertiary/aromatic N) is 1. The van der Waals surface area contributed by atoms with Gasteiger partial charge in [-0.1, -0.05) is 13.8 Å². The summed E-state index contributed by atoms with van der Waals surface area (Å²) in [6.07, 6.45) is 5.16. The summed E-state index contributed by atoms with van der Waals surface area (Å²) < 4.78 is 0. The van der Waals surface area contributed by atoms with Crippen LogP contribution in [-0.2, 0) is 4.79 Å². The van der Waals surface area contributed by atoms with Crippen molar-refractivity contribution in [2.75, 3.05) is 20.1 Å². The number of carbonyl (C=O) groups is 1. The first-order chi connectivity index (χ1) is 7.08. The van der Waals surface area contributed by atoms with E-state index in [2.05, 4.69) is 25.8 Å². The number of hydrogen-bond acceptors (Lipinski definition) is 2. The van der Waals surface area contributed by atoms with Crippen molar-refractivity contribution in [2.24, 2.45) is 11.8 Å². The van der Waals surface area contributed by atoms with E-state index >= 15 is 0 Å². The third kappa shape index (κ3) is 5.31. The Labute approximate surface area is 94.0 Å². The molecule has 0 bridgehead atoms. The van der Waals surface area contributed by atoms with Crippen molar-refractivity contribution in [3.05, 3.63) is 0 Å². The molecule has 1 rings (SSSR count). The van der Waals surface area contributed by atoms with Crippen molar-refractivity contribution in [1.29, 1.82) is 0 Å². The van der Waals surface area contributed by atoms with Crippen LogP contribution in [0.5, 0.6) is 0 Å². The maximum absolute atomic E-state index is 11.1. The summed E-state index contributed by atoms with van der Waals surface area (Å²) in [5.41, 5.74) is 0. The fraction of sp³-hybridized carbons (Fsp3) is 0.923. The minimum Gasteiger partial charge on any atom is -0.306 e. The summed E-state index contributed by atoms with van der Waals surface area (Å²) in [6.45, 7) is 6.92. The molecule has 0 aromatic carbocycles. The highest BCUT2D eigenvalue weighted by atomic mass is 16.1. The molecule has 1 aliphatic carbocycles. The van der Waals surface area contributed by atoms with E-state index in [0.717, 1.165) is 37.5 Å². The summed E-state index contributed by atoms with van der Waals surface area (Å²) >= 11 is 0. The van der Waals surface area contributed by atoms with Crippen molar-refractivity contribution in [3.63, 3.8) is 0 Å². The maximum Gasteiger partial charge on any atom is 0.132 e. The smallest absolute Gasteiger partial charge is 0.132 e. The Kier molecular flexibility index (Phi) is 5.30. The number of hydrogen-bond donors (Lipinski definition) is 0. The molecule has 15 heavy (non-hydrogen) atoms. The Bertz CT molecular complexity index is 191. The van der Waals surface area contributed by atoms with Crippen LogP contribution in [0.25, 0.3) is 0 Å². The average molecular weight is 211 g/mol. The van der Waals surface area contributed by atoms with Crippen LogP contribution in [0.1, 0.15) is 46.0 Å². The Hall–Kier alpha value is -0.370. The van der Waals surface area contributed by atoms with E-state index in [4.69, 9.17) is 0 Å². The SMILES string of the molecule is CC(C)CCN(C)CC1CCC(=O)CC1. The van der Waals surface area contributed by atoms with Gasteiger partial charge in [0, 0.05) is 19.4 Å². The summed E-state index contributed by atoms with van der Waals surface area (Å²) in [4.78, 5) is 13.5. The second-order valence-electron chi connectivity index (χ2n) is 5.43. The van der Waals surface area contributed by atoms with Crippen LogP contribution < -0.4 is 0 Å². The lowest BCUT2D eigenvalue weighted by Crippen LogP contribution is -2.29. The lowest BCUT2D eigenvalue weighted by molar-refractivity contribution is -0.121. The van der Waals surface area contributed by atoms with E-state index in [1.807, 2.05) is 0 Å². The van der Waals surface area contributed by atoms with Gasteiger partial charge in [-0.25, -0.2) is 0 Å². The zero-order valence-corrected chi connectivity index (χ0v) is 10.5. The molecule has 1 fully saturated rings. The molecule has 2 nitrogen and oxygen atoms in total. The van der Waals surface area contributed by atoms with Gasteiger partial charge in [0.1, 0.15) is 5.78 Å². The van der Waals surface area contributed by atoms with Gasteiger partial charge in [-0.2, -0.15) is 0 Å². The van der Waals surface area contributed by atoms with E-state index in [9.17, 15) is 4.79 Å². The van der Waals surface area contributed by atoms with Crippen LogP contribution in [0.4, 0.5) is 0 Å². The van der Waals surface area contributed by atoms with Gasteiger partial charge in [0.15, 0.2) is 0 Å². The predicted molar refractivity (Wildman–Crippen MR) is 63.9 cm³/mol. The highest BCUT2D eigenvalue weighted by Crippen LogP contribution is 2.22. The van der Waals surface area contributed by atoms with Crippen LogP contribution in [0.15, 0.2) is 0 Å². The Balaban J connectivity index is 2.14. The highest BCUT2D eigenvalue weighted by molar-refractivity contribution is 5.79. The number of Topliss-reactive ketones (excluding diaryl/α,β-unsaturated/α-hetero) is 1. The molecular weight excluding hydrogens is 186 g/mol. The molecule has 2 heteroatoms. The lowest BCUT2D eigenvalue weighted by atomic mass is 9.88. The van der Waals surface area contributed by atoms with Crippen molar-refractivity contribution in [2.45, 2.75) is 46.0 Å². The van der Waals surface area contributed by atoms with Gasteiger partial charge < -0.3 is 4.90 Å². The second-order valence-corrected chi connectivity index (χ2v) is 5.43. The number of carbonyl (C=O) groups excluding carboxylic acids is 1. The molecule has 0 amide bonds. The fourth-order valence-electron chi connectivity index (χ4n) is 2.19. The summed E-state index contributed by atoms with van der Waals surface area (Å²) in [5.74, 6) is 2.02. The molecule has 0 atom stereocenters. The van der Waals surface area contributed by atoms with Crippen LogP contribution in [0.3, 0.4) is 0 Å². The van der Waals surface area contributed by atoms with Crippen LogP contribution in [0, 0.1) is 11.8 Å². The van der Waals surface area contributed by atoms with E-state index in [1.165, 1.54) is 19.5 Å². The Morgan fingerprint density at radius 3 is 2.47 bits per heavy atom. The molecule has 0 aromatic rings. The van der Waals surface area contributed by atoms with E-state index in [0.29, 0.717) is 5.78 Å². The topological polar surface area (TPSA) is 20.3 Å². The van der Waals surface area contributed by atoms with Gasteiger partial charge in [-0.05, 0) is 44.7 Å². The first-order valence-corrected chi connectivity index (χ1v) is 6.28. The minimum atomic E-state index is 0.469. The normalized spacial score (nSPS) is 19.1. The molecule has 0 unspecified atom stereocenters. The highest BCUT2D eigenvalue weighted by Gasteiger charge is 2.19. The zero-order valence-electron chi connectivity index (χ0n) is 10.5. The minimum absolute atomic E-state index is 0.469. The lowest BCUT2D eigenvalue weighted by Gasteiger charge is -2.26. The molecule has 0 radical (unpaired) electrons. The molecule has 0 saturated heterocycles. The molecule has 0 aromatic heterocycles. The van der Waals surface area contributed by atoms with Crippen molar-refractivity contribution in [3.8, 4) is 0 Å². The zero-order chi connectivity index (χ0) is 11.3. The number of ketones is 1. The number of rotatable bonds is 5. The van der Waals surface area contributed by atoms with Gasteiger partial charge in [0.25, 0.3) is 0 Å². The van der Waals surface area contributed by atoms with Gasteiger partial charge in [0.05, 0.1) is 0 Å². The summed E-state index contributed by atoms with van der Waals surface area (Å²) in [7, 11) is 2.21. The van der Waals surface area contributed by atoms with Crippen molar-refractivity contribution < 1.29 is 4.79 Å². The van der Waals surface area contributed by atoms with E-state index < -0.39 is 0 Å². The predicted octanol–water partition coefficient (Wildman–Crippen LogP) is 2.72. The monoisotopic (exact) mass is 211 g/mol. The molecule has 88 valence electrons. The van der Waals surface area contributed by atoms with Gasteiger partial charge in [-0.15, -0.1) is 0 Å². The molecule has 1 aliphatic rings. The maximum atomic E-state index is 11.1. The van der Waals surface area contributed by atoms with E-state index in [-0.39, 0.29) is 0 Å². The summed E-state index contributed by atoms with van der Waals surface area (Å²) in [6, 6.07) is 0. The molecule has 0 heterocycles. The van der Waals surface area contributed by atoms with Crippen LogP contribution >= 0.6 is 0 Å². The molecule has 0 N–H and O–H groups in total. The Morgan fingerprint density at radius 2 is 1.93 bits per heavy atom. The van der Waals surface area contributed by atoms with Crippen LogP contribution in [-0.4, -0.2) is 30.8 Å². The first kappa shape index (κ1) is 12.7. The third-order valence-electron chi connectivity index (χ3n) is 3.32.